The first-order chi connectivity index (χ1) is 8.98. The number of hydrogen-bond acceptors (Lipinski definition) is 4. The highest BCUT2D eigenvalue weighted by Crippen LogP contribution is 2.22. The Morgan fingerprint density at radius 1 is 1.32 bits per heavy atom. The van der Waals surface area contributed by atoms with E-state index in [4.69, 9.17) is 16.3 Å². The molecule has 0 aliphatic heterocycles. The van der Waals surface area contributed by atoms with Crippen LogP contribution in [0.25, 0.3) is 0 Å². The number of sulfone groups is 1. The van der Waals surface area contributed by atoms with Gasteiger partial charge in [0.25, 0.3) is 0 Å². The Hall–Kier alpha value is -0.780. The van der Waals surface area contributed by atoms with E-state index in [1.54, 1.807) is 12.1 Å². The molecule has 1 N–H and O–H groups in total. The van der Waals surface area contributed by atoms with E-state index in [0.29, 0.717) is 23.7 Å². The molecule has 0 saturated heterocycles. The summed E-state index contributed by atoms with van der Waals surface area (Å²) < 4.78 is 28.7. The van der Waals surface area contributed by atoms with Gasteiger partial charge in [0.15, 0.2) is 9.84 Å². The molecule has 0 spiro atoms. The Labute approximate surface area is 120 Å². The van der Waals surface area contributed by atoms with Crippen molar-refractivity contribution in [2.75, 3.05) is 25.2 Å². The average molecular weight is 306 g/mol. The molecule has 6 heteroatoms. The van der Waals surface area contributed by atoms with Gasteiger partial charge in [-0.1, -0.05) is 18.5 Å². The smallest absolute Gasteiger partial charge is 0.153 e. The molecule has 0 saturated carbocycles. The normalized spacial score (nSPS) is 11.5. The molecule has 0 radical (unpaired) electrons. The van der Waals surface area contributed by atoms with Crippen LogP contribution in [0.4, 0.5) is 0 Å². The topological polar surface area (TPSA) is 55.4 Å². The molecule has 0 atom stereocenters. The predicted molar refractivity (Wildman–Crippen MR) is 78.7 cm³/mol. The van der Waals surface area contributed by atoms with Crippen LogP contribution < -0.4 is 10.1 Å². The molecular formula is C13H20ClNO3S. The Balaban J connectivity index is 2.62. The number of hydrogen-bond donors (Lipinski definition) is 1. The van der Waals surface area contributed by atoms with Crippen LogP contribution in [0.2, 0.25) is 5.02 Å². The Bertz CT molecular complexity index is 503. The first-order valence-corrected chi connectivity index (χ1v) is 8.44. The minimum absolute atomic E-state index is 0.0441. The maximum Gasteiger partial charge on any atom is 0.153 e. The highest BCUT2D eigenvalue weighted by Gasteiger charge is 2.10. The quantitative estimate of drug-likeness (QED) is 0.800. The largest absolute Gasteiger partial charge is 0.492 e. The molecule has 0 fully saturated rings. The number of ether oxygens (including phenoxy) is 1. The van der Waals surface area contributed by atoms with Gasteiger partial charge in [-0.05, 0) is 31.7 Å². The molecule has 1 rings (SSSR count). The third-order valence-corrected chi connectivity index (χ3v) is 4.61. The van der Waals surface area contributed by atoms with Gasteiger partial charge in [0.1, 0.15) is 12.4 Å². The predicted octanol–water partition coefficient (Wildman–Crippen LogP) is 2.26. The van der Waals surface area contributed by atoms with E-state index < -0.39 is 9.84 Å². The third-order valence-electron chi connectivity index (χ3n) is 2.56. The monoisotopic (exact) mass is 305 g/mol. The van der Waals surface area contributed by atoms with Crippen molar-refractivity contribution in [2.45, 2.75) is 19.9 Å². The number of benzene rings is 1. The minimum atomic E-state index is -3.00. The lowest BCUT2D eigenvalue weighted by molar-refractivity contribution is 0.336. The molecule has 0 heterocycles. The molecule has 0 aromatic heterocycles. The summed E-state index contributed by atoms with van der Waals surface area (Å²) in [6, 6.07) is 5.31. The van der Waals surface area contributed by atoms with Crippen LogP contribution in [0.5, 0.6) is 5.75 Å². The van der Waals surface area contributed by atoms with E-state index in [2.05, 4.69) is 5.32 Å². The second-order valence-corrected chi connectivity index (χ2v) is 7.02. The molecule has 0 unspecified atom stereocenters. The first-order valence-electron chi connectivity index (χ1n) is 6.24. The zero-order valence-electron chi connectivity index (χ0n) is 11.3. The zero-order valence-corrected chi connectivity index (χ0v) is 12.9. The summed E-state index contributed by atoms with van der Waals surface area (Å²) in [7, 11) is -1.17. The van der Waals surface area contributed by atoms with Gasteiger partial charge in [-0.2, -0.15) is 0 Å². The lowest BCUT2D eigenvalue weighted by atomic mass is 10.2. The van der Waals surface area contributed by atoms with Gasteiger partial charge in [-0.15, -0.1) is 0 Å². The van der Waals surface area contributed by atoms with Crippen LogP contribution in [-0.4, -0.2) is 33.6 Å². The van der Waals surface area contributed by atoms with Gasteiger partial charge in [0.2, 0.25) is 0 Å². The van der Waals surface area contributed by atoms with Crippen LogP contribution in [-0.2, 0) is 16.4 Å². The van der Waals surface area contributed by atoms with E-state index in [1.807, 2.05) is 20.0 Å². The van der Waals surface area contributed by atoms with Crippen molar-refractivity contribution in [2.24, 2.45) is 0 Å². The molecule has 19 heavy (non-hydrogen) atoms. The minimum Gasteiger partial charge on any atom is -0.492 e. The van der Waals surface area contributed by atoms with Crippen molar-refractivity contribution >= 4 is 21.4 Å². The summed E-state index contributed by atoms with van der Waals surface area (Å²) in [5.74, 6) is 0.924. The summed E-state index contributed by atoms with van der Waals surface area (Å²) in [5, 5.41) is 3.66. The van der Waals surface area contributed by atoms with Crippen molar-refractivity contribution < 1.29 is 13.2 Å². The van der Waals surface area contributed by atoms with Crippen LogP contribution in [0.3, 0.4) is 0 Å². The molecule has 108 valence electrons. The molecule has 1 aromatic rings. The van der Waals surface area contributed by atoms with Gasteiger partial charge < -0.3 is 10.1 Å². The lowest BCUT2D eigenvalue weighted by Crippen LogP contribution is -2.17. The molecule has 4 nitrogen and oxygen atoms in total. The number of rotatable bonds is 8. The number of halogens is 1. The Kier molecular flexibility index (Phi) is 6.62. The maximum absolute atomic E-state index is 11.6. The SMILES string of the molecule is CCCS(=O)(=O)CCOc1ccc(Cl)cc1CNC. The van der Waals surface area contributed by atoms with Crippen LogP contribution >= 0.6 is 11.6 Å². The third kappa shape index (κ3) is 5.80. The zero-order chi connectivity index (χ0) is 14.3. The van der Waals surface area contributed by atoms with Crippen molar-refractivity contribution in [1.82, 2.24) is 5.32 Å². The molecule has 0 aliphatic carbocycles. The average Bonchev–Trinajstić information content (AvgIpc) is 2.32. The maximum atomic E-state index is 11.6. The van der Waals surface area contributed by atoms with E-state index in [9.17, 15) is 8.42 Å². The Morgan fingerprint density at radius 3 is 2.68 bits per heavy atom. The summed E-state index contributed by atoms with van der Waals surface area (Å²) in [5.41, 5.74) is 0.919. The van der Waals surface area contributed by atoms with Gasteiger partial charge in [0, 0.05) is 17.1 Å². The molecular weight excluding hydrogens is 286 g/mol. The van der Waals surface area contributed by atoms with Gasteiger partial charge in [-0.3, -0.25) is 0 Å². The van der Waals surface area contributed by atoms with Crippen molar-refractivity contribution in [1.29, 1.82) is 0 Å². The van der Waals surface area contributed by atoms with Crippen LogP contribution in [0.15, 0.2) is 18.2 Å². The Morgan fingerprint density at radius 2 is 2.05 bits per heavy atom. The lowest BCUT2D eigenvalue weighted by Gasteiger charge is -2.12. The molecule has 1 aromatic carbocycles. The van der Waals surface area contributed by atoms with Crippen molar-refractivity contribution in [3.8, 4) is 5.75 Å². The van der Waals surface area contributed by atoms with Gasteiger partial charge in [0.05, 0.1) is 11.5 Å². The highest BCUT2D eigenvalue weighted by molar-refractivity contribution is 7.91. The van der Waals surface area contributed by atoms with E-state index >= 15 is 0 Å². The van der Waals surface area contributed by atoms with Crippen molar-refractivity contribution in [3.05, 3.63) is 28.8 Å². The first kappa shape index (κ1) is 16.3. The van der Waals surface area contributed by atoms with E-state index in [1.165, 1.54) is 0 Å². The van der Waals surface area contributed by atoms with E-state index in [0.717, 1.165) is 5.56 Å². The fraction of sp³-hybridized carbons (Fsp3) is 0.538. The van der Waals surface area contributed by atoms with Gasteiger partial charge in [-0.25, -0.2) is 8.42 Å². The highest BCUT2D eigenvalue weighted by atomic mass is 35.5. The standard InChI is InChI=1S/C13H20ClNO3S/c1-3-7-19(16,17)8-6-18-13-5-4-12(14)9-11(13)10-15-2/h4-5,9,15H,3,6-8,10H2,1-2H3. The fourth-order valence-electron chi connectivity index (χ4n) is 1.71. The second-order valence-electron chi connectivity index (χ2n) is 4.28. The fourth-order valence-corrected chi connectivity index (χ4v) is 3.07. The second kappa shape index (κ2) is 7.72. The molecule has 0 bridgehead atoms. The molecule has 0 amide bonds. The van der Waals surface area contributed by atoms with Gasteiger partial charge >= 0.3 is 0 Å². The van der Waals surface area contributed by atoms with Crippen LogP contribution in [0, 0.1) is 0 Å². The summed E-state index contributed by atoms with van der Waals surface area (Å²) in [4.78, 5) is 0. The summed E-state index contributed by atoms with van der Waals surface area (Å²) >= 11 is 5.92. The summed E-state index contributed by atoms with van der Waals surface area (Å²) in [6.45, 7) is 2.64. The summed E-state index contributed by atoms with van der Waals surface area (Å²) in [6.07, 6.45) is 0.633. The van der Waals surface area contributed by atoms with Crippen LogP contribution in [0.1, 0.15) is 18.9 Å². The number of nitrogens with one attached hydrogen (secondary N) is 1. The molecule has 0 aliphatic rings. The van der Waals surface area contributed by atoms with E-state index in [-0.39, 0.29) is 18.1 Å². The van der Waals surface area contributed by atoms with Crippen molar-refractivity contribution in [3.63, 3.8) is 0 Å².